The molecule has 0 amide bonds. The van der Waals surface area contributed by atoms with Crippen molar-refractivity contribution < 1.29 is 9.90 Å². The lowest BCUT2D eigenvalue weighted by atomic mass is 9.97. The van der Waals surface area contributed by atoms with Gasteiger partial charge >= 0.3 is 5.97 Å². The van der Waals surface area contributed by atoms with Gasteiger partial charge in [0, 0.05) is 0 Å². The third kappa shape index (κ3) is 9.03. The van der Waals surface area contributed by atoms with Crippen molar-refractivity contribution in [2.75, 3.05) is 0 Å². The Kier molecular flexibility index (Phi) is 9.35. The Labute approximate surface area is 112 Å². The maximum atomic E-state index is 11.1. The third-order valence-corrected chi connectivity index (χ3v) is 3.10. The Morgan fingerprint density at radius 3 is 2.39 bits per heavy atom. The minimum Gasteiger partial charge on any atom is -0.481 e. The van der Waals surface area contributed by atoms with Gasteiger partial charge in [-0.2, -0.15) is 0 Å². The molecule has 0 spiro atoms. The maximum Gasteiger partial charge on any atom is 0.306 e. The van der Waals surface area contributed by atoms with Crippen molar-refractivity contribution in [3.8, 4) is 0 Å². The molecule has 0 radical (unpaired) electrons. The fourth-order valence-electron chi connectivity index (χ4n) is 1.83. The zero-order valence-electron chi connectivity index (χ0n) is 12.3. The normalized spacial score (nSPS) is 13.2. The van der Waals surface area contributed by atoms with Gasteiger partial charge in [-0.3, -0.25) is 4.79 Å². The van der Waals surface area contributed by atoms with Gasteiger partial charge in [0.25, 0.3) is 0 Å². The van der Waals surface area contributed by atoms with Gasteiger partial charge in [-0.25, -0.2) is 0 Å². The van der Waals surface area contributed by atoms with Crippen molar-refractivity contribution in [3.63, 3.8) is 0 Å². The summed E-state index contributed by atoms with van der Waals surface area (Å²) in [6, 6.07) is 0. The van der Waals surface area contributed by atoms with Crippen LogP contribution in [0.5, 0.6) is 0 Å². The summed E-state index contributed by atoms with van der Waals surface area (Å²) in [6.07, 6.45) is 9.95. The second kappa shape index (κ2) is 9.93. The second-order valence-electron chi connectivity index (χ2n) is 5.28. The first kappa shape index (κ1) is 16.9. The van der Waals surface area contributed by atoms with Gasteiger partial charge in [-0.05, 0) is 46.5 Å². The van der Waals surface area contributed by atoms with Crippen LogP contribution < -0.4 is 0 Å². The summed E-state index contributed by atoms with van der Waals surface area (Å²) in [5.74, 6) is -0.861. The van der Waals surface area contributed by atoms with Crippen LogP contribution in [0.15, 0.2) is 23.3 Å². The molecule has 0 aromatic rings. The minimum absolute atomic E-state index is 0.205. The van der Waals surface area contributed by atoms with Crippen molar-refractivity contribution in [1.29, 1.82) is 0 Å². The van der Waals surface area contributed by atoms with E-state index in [2.05, 4.69) is 39.8 Å². The minimum atomic E-state index is -0.656. The van der Waals surface area contributed by atoms with E-state index >= 15 is 0 Å². The molecule has 104 valence electrons. The Hall–Kier alpha value is -1.05. The first-order valence-corrected chi connectivity index (χ1v) is 6.99. The highest BCUT2D eigenvalue weighted by Crippen LogP contribution is 2.16. The van der Waals surface area contributed by atoms with E-state index in [4.69, 9.17) is 5.11 Å². The molecule has 1 unspecified atom stereocenters. The summed E-state index contributed by atoms with van der Waals surface area (Å²) in [5.41, 5.74) is 2.64. The molecule has 1 N–H and O–H groups in total. The van der Waals surface area contributed by atoms with Crippen LogP contribution in [0.3, 0.4) is 0 Å². The second-order valence-corrected chi connectivity index (χ2v) is 5.28. The number of rotatable bonds is 9. The van der Waals surface area contributed by atoms with Gasteiger partial charge in [0.15, 0.2) is 0 Å². The molecule has 0 saturated heterocycles. The summed E-state index contributed by atoms with van der Waals surface area (Å²) in [4.78, 5) is 11.1. The van der Waals surface area contributed by atoms with Crippen LogP contribution in [0.2, 0.25) is 0 Å². The molecule has 0 aliphatic carbocycles. The van der Waals surface area contributed by atoms with Crippen LogP contribution in [0.4, 0.5) is 0 Å². The molecule has 0 aromatic carbocycles. The lowest BCUT2D eigenvalue weighted by Crippen LogP contribution is -2.12. The highest BCUT2D eigenvalue weighted by Gasteiger charge is 2.14. The van der Waals surface area contributed by atoms with E-state index in [0.717, 1.165) is 32.1 Å². The predicted molar refractivity (Wildman–Crippen MR) is 77.7 cm³/mol. The van der Waals surface area contributed by atoms with Gasteiger partial charge in [-0.1, -0.05) is 43.1 Å². The monoisotopic (exact) mass is 252 g/mol. The molecule has 0 aliphatic rings. The molecule has 0 aromatic heterocycles. The average molecular weight is 252 g/mol. The lowest BCUT2D eigenvalue weighted by Gasteiger charge is -2.09. The number of hydrogen-bond acceptors (Lipinski definition) is 1. The van der Waals surface area contributed by atoms with Crippen LogP contribution in [0.25, 0.3) is 0 Å². The smallest absolute Gasteiger partial charge is 0.306 e. The molecule has 0 heterocycles. The van der Waals surface area contributed by atoms with Gasteiger partial charge in [0.05, 0.1) is 5.92 Å². The van der Waals surface area contributed by atoms with E-state index in [-0.39, 0.29) is 5.92 Å². The molecular weight excluding hydrogens is 224 g/mol. The number of hydrogen-bond donors (Lipinski definition) is 1. The van der Waals surface area contributed by atoms with Crippen LogP contribution in [-0.4, -0.2) is 11.1 Å². The molecule has 0 aliphatic heterocycles. The summed E-state index contributed by atoms with van der Waals surface area (Å²) in [6.45, 7) is 8.39. The first-order valence-electron chi connectivity index (χ1n) is 6.99. The van der Waals surface area contributed by atoms with Crippen LogP contribution in [-0.2, 0) is 4.79 Å². The molecule has 0 bridgehead atoms. The lowest BCUT2D eigenvalue weighted by molar-refractivity contribution is -0.141. The highest BCUT2D eigenvalue weighted by molar-refractivity contribution is 5.70. The molecule has 2 heteroatoms. The fourth-order valence-corrected chi connectivity index (χ4v) is 1.83. The van der Waals surface area contributed by atoms with Crippen molar-refractivity contribution in [2.24, 2.45) is 5.92 Å². The Bertz CT molecular complexity index is 296. The first-order chi connectivity index (χ1) is 8.47. The summed E-state index contributed by atoms with van der Waals surface area (Å²) in [7, 11) is 0. The Morgan fingerprint density at radius 1 is 1.22 bits per heavy atom. The Balaban J connectivity index is 4.13. The van der Waals surface area contributed by atoms with E-state index in [1.54, 1.807) is 0 Å². The molecule has 0 rings (SSSR count). The van der Waals surface area contributed by atoms with Gasteiger partial charge < -0.3 is 5.11 Å². The largest absolute Gasteiger partial charge is 0.481 e. The molecule has 18 heavy (non-hydrogen) atoms. The Morgan fingerprint density at radius 2 is 1.89 bits per heavy atom. The molecule has 0 fully saturated rings. The molecular formula is C16H28O2. The van der Waals surface area contributed by atoms with Gasteiger partial charge in [-0.15, -0.1) is 0 Å². The van der Waals surface area contributed by atoms with E-state index in [0.29, 0.717) is 6.42 Å². The predicted octanol–water partition coefficient (Wildman–Crippen LogP) is 4.96. The standard InChI is InChI=1S/C16H28O2/c1-5-6-10-15(16(17)18)12-11-14(4)9-7-8-13(2)3/h8,11,15H,5-7,9-10,12H2,1-4H3,(H,17,18)/b14-11-. The van der Waals surface area contributed by atoms with E-state index in [1.807, 2.05) is 0 Å². The fraction of sp³-hybridized carbons (Fsp3) is 0.688. The zero-order valence-corrected chi connectivity index (χ0v) is 12.3. The number of aliphatic carboxylic acids is 1. The van der Waals surface area contributed by atoms with Crippen molar-refractivity contribution in [1.82, 2.24) is 0 Å². The molecule has 1 atom stereocenters. The molecule has 0 saturated carbocycles. The summed E-state index contributed by atoms with van der Waals surface area (Å²) >= 11 is 0. The number of carboxylic acid groups (broad SMARTS) is 1. The highest BCUT2D eigenvalue weighted by atomic mass is 16.4. The van der Waals surface area contributed by atoms with Gasteiger partial charge in [0.2, 0.25) is 0 Å². The van der Waals surface area contributed by atoms with Gasteiger partial charge in [0.1, 0.15) is 0 Å². The van der Waals surface area contributed by atoms with E-state index in [1.165, 1.54) is 11.1 Å². The number of carbonyl (C=O) groups is 1. The number of allylic oxidation sites excluding steroid dienone is 4. The molecule has 2 nitrogen and oxygen atoms in total. The average Bonchev–Trinajstić information content (AvgIpc) is 2.28. The van der Waals surface area contributed by atoms with Crippen molar-refractivity contribution in [3.05, 3.63) is 23.3 Å². The zero-order chi connectivity index (χ0) is 14.0. The van der Waals surface area contributed by atoms with Crippen LogP contribution >= 0.6 is 0 Å². The van der Waals surface area contributed by atoms with Crippen LogP contribution in [0.1, 0.15) is 66.2 Å². The van der Waals surface area contributed by atoms with E-state index in [9.17, 15) is 4.79 Å². The maximum absolute atomic E-state index is 11.1. The third-order valence-electron chi connectivity index (χ3n) is 3.10. The SMILES string of the molecule is CCCCC(C/C=C(/C)CCC=C(C)C)C(=O)O. The quantitative estimate of drug-likeness (QED) is 0.589. The number of unbranched alkanes of at least 4 members (excludes halogenated alkanes) is 1. The van der Waals surface area contributed by atoms with Crippen molar-refractivity contribution in [2.45, 2.75) is 66.2 Å². The number of carboxylic acids is 1. The topological polar surface area (TPSA) is 37.3 Å². The van der Waals surface area contributed by atoms with Crippen molar-refractivity contribution >= 4 is 5.97 Å². The summed E-state index contributed by atoms with van der Waals surface area (Å²) < 4.78 is 0. The van der Waals surface area contributed by atoms with E-state index < -0.39 is 5.97 Å². The summed E-state index contributed by atoms with van der Waals surface area (Å²) in [5, 5.41) is 9.12. The van der Waals surface area contributed by atoms with Crippen LogP contribution in [0, 0.1) is 5.92 Å².